The van der Waals surface area contributed by atoms with Gasteiger partial charge in [-0.2, -0.15) is 5.10 Å². The zero-order chi connectivity index (χ0) is 12.3. The van der Waals surface area contributed by atoms with Crippen LogP contribution in [0.15, 0.2) is 15.5 Å². The van der Waals surface area contributed by atoms with Crippen LogP contribution in [0.25, 0.3) is 0 Å². The molecule has 0 fully saturated rings. The van der Waals surface area contributed by atoms with Crippen molar-refractivity contribution in [2.45, 2.75) is 27.2 Å². The second-order valence-corrected chi connectivity index (χ2v) is 5.83. The molecule has 0 aliphatic heterocycles. The van der Waals surface area contributed by atoms with Crippen LogP contribution in [0.2, 0.25) is 0 Å². The third kappa shape index (κ3) is 3.63. The van der Waals surface area contributed by atoms with Crippen molar-refractivity contribution in [3.8, 4) is 0 Å². The van der Waals surface area contributed by atoms with Gasteiger partial charge in [0, 0.05) is 13.6 Å². The molecule has 0 amide bonds. The van der Waals surface area contributed by atoms with Crippen molar-refractivity contribution in [2.24, 2.45) is 12.5 Å². The first-order chi connectivity index (χ1) is 7.31. The fourth-order valence-corrected chi connectivity index (χ4v) is 1.71. The molecular formula is C11H18BrN3O. The molecule has 90 valence electrons. The van der Waals surface area contributed by atoms with Crippen molar-refractivity contribution in [1.82, 2.24) is 9.78 Å². The molecule has 0 radical (unpaired) electrons. The van der Waals surface area contributed by atoms with Crippen LogP contribution in [0.1, 0.15) is 27.2 Å². The quantitative estimate of drug-likeness (QED) is 0.929. The zero-order valence-electron chi connectivity index (χ0n) is 10.2. The summed E-state index contributed by atoms with van der Waals surface area (Å²) < 4.78 is 1.85. The summed E-state index contributed by atoms with van der Waals surface area (Å²) in [6, 6.07) is 0. The number of nitrogens with zero attached hydrogens (tertiary/aromatic N) is 2. The minimum atomic E-state index is -0.124. The molecule has 0 aromatic carbocycles. The molecule has 1 aromatic heterocycles. The summed E-state index contributed by atoms with van der Waals surface area (Å²) in [6.45, 7) is 7.39. The van der Waals surface area contributed by atoms with E-state index in [1.54, 1.807) is 13.2 Å². The topological polar surface area (TPSA) is 46.9 Å². The standard InChI is InChI=1S/C11H18BrN3O/c1-11(2,3)5-6-13-8-7-14-15(4)10(16)9(8)12/h7,13H,5-6H2,1-4H3. The summed E-state index contributed by atoms with van der Waals surface area (Å²) in [6.07, 6.45) is 2.70. The normalized spacial score (nSPS) is 11.6. The molecule has 0 saturated heterocycles. The molecule has 0 aliphatic rings. The van der Waals surface area contributed by atoms with Gasteiger partial charge in [-0.05, 0) is 27.8 Å². The van der Waals surface area contributed by atoms with Crippen molar-refractivity contribution >= 4 is 21.6 Å². The Morgan fingerprint density at radius 2 is 2.12 bits per heavy atom. The predicted molar refractivity (Wildman–Crippen MR) is 69.7 cm³/mol. The first-order valence-corrected chi connectivity index (χ1v) is 6.06. The Morgan fingerprint density at radius 3 is 2.69 bits per heavy atom. The Labute approximate surface area is 104 Å². The number of rotatable bonds is 3. The Bertz CT molecular complexity index is 420. The number of aromatic nitrogens is 2. The first kappa shape index (κ1) is 13.2. The van der Waals surface area contributed by atoms with E-state index in [9.17, 15) is 4.79 Å². The molecule has 0 saturated carbocycles. The number of anilines is 1. The van der Waals surface area contributed by atoms with Gasteiger partial charge in [-0.15, -0.1) is 0 Å². The average Bonchev–Trinajstić information content (AvgIpc) is 2.16. The summed E-state index contributed by atoms with van der Waals surface area (Å²) in [7, 11) is 1.63. The summed E-state index contributed by atoms with van der Waals surface area (Å²) in [4.78, 5) is 11.6. The highest BCUT2D eigenvalue weighted by Gasteiger charge is 2.11. The van der Waals surface area contributed by atoms with Crippen LogP contribution in [0.4, 0.5) is 5.69 Å². The van der Waals surface area contributed by atoms with E-state index in [0.717, 1.165) is 18.7 Å². The van der Waals surface area contributed by atoms with Crippen LogP contribution in [-0.2, 0) is 7.05 Å². The molecule has 1 aromatic rings. The fourth-order valence-electron chi connectivity index (χ4n) is 1.21. The summed E-state index contributed by atoms with van der Waals surface area (Å²) >= 11 is 3.28. The van der Waals surface area contributed by atoms with Crippen LogP contribution in [0, 0.1) is 5.41 Å². The highest BCUT2D eigenvalue weighted by molar-refractivity contribution is 9.10. The molecule has 5 heteroatoms. The zero-order valence-corrected chi connectivity index (χ0v) is 11.8. The second kappa shape index (κ2) is 4.99. The van der Waals surface area contributed by atoms with E-state index in [0.29, 0.717) is 4.47 Å². The Hall–Kier alpha value is -0.840. The van der Waals surface area contributed by atoms with Crippen molar-refractivity contribution in [1.29, 1.82) is 0 Å². The fraction of sp³-hybridized carbons (Fsp3) is 0.636. The van der Waals surface area contributed by atoms with Gasteiger partial charge in [-0.3, -0.25) is 4.79 Å². The molecule has 1 N–H and O–H groups in total. The third-order valence-corrected chi connectivity index (χ3v) is 3.03. The molecule has 0 unspecified atom stereocenters. The van der Waals surface area contributed by atoms with E-state index in [2.05, 4.69) is 47.1 Å². The van der Waals surface area contributed by atoms with Crippen LogP contribution >= 0.6 is 15.9 Å². The van der Waals surface area contributed by atoms with Gasteiger partial charge >= 0.3 is 0 Å². The lowest BCUT2D eigenvalue weighted by Gasteiger charge is -2.18. The lowest BCUT2D eigenvalue weighted by Crippen LogP contribution is -2.22. The van der Waals surface area contributed by atoms with Crippen molar-refractivity contribution in [3.05, 3.63) is 21.0 Å². The molecule has 16 heavy (non-hydrogen) atoms. The Kier molecular flexibility index (Phi) is 4.13. The van der Waals surface area contributed by atoms with Crippen LogP contribution in [-0.4, -0.2) is 16.3 Å². The van der Waals surface area contributed by atoms with E-state index in [1.807, 2.05) is 0 Å². The Balaban J connectivity index is 2.69. The van der Waals surface area contributed by atoms with Crippen LogP contribution in [0.3, 0.4) is 0 Å². The maximum Gasteiger partial charge on any atom is 0.282 e. The number of hydrogen-bond donors (Lipinski definition) is 1. The average molecular weight is 288 g/mol. The molecule has 1 rings (SSSR count). The smallest absolute Gasteiger partial charge is 0.282 e. The van der Waals surface area contributed by atoms with Crippen molar-refractivity contribution in [2.75, 3.05) is 11.9 Å². The minimum absolute atomic E-state index is 0.124. The lowest BCUT2D eigenvalue weighted by atomic mass is 9.92. The molecule has 0 spiro atoms. The predicted octanol–water partition coefficient (Wildman–Crippen LogP) is 2.39. The summed E-state index contributed by atoms with van der Waals surface area (Å²) in [5.41, 5.74) is 0.917. The van der Waals surface area contributed by atoms with E-state index >= 15 is 0 Å². The number of aryl methyl sites for hydroxylation is 1. The van der Waals surface area contributed by atoms with Crippen molar-refractivity contribution in [3.63, 3.8) is 0 Å². The van der Waals surface area contributed by atoms with E-state index in [4.69, 9.17) is 0 Å². The second-order valence-electron chi connectivity index (χ2n) is 5.04. The molecule has 0 bridgehead atoms. The van der Waals surface area contributed by atoms with Gasteiger partial charge in [0.1, 0.15) is 4.47 Å². The number of halogens is 1. The molecule has 1 heterocycles. The SMILES string of the molecule is Cn1ncc(NCCC(C)(C)C)c(Br)c1=O. The number of nitrogens with one attached hydrogen (secondary N) is 1. The van der Waals surface area contributed by atoms with E-state index < -0.39 is 0 Å². The minimum Gasteiger partial charge on any atom is -0.383 e. The third-order valence-electron chi connectivity index (χ3n) is 2.27. The molecule has 0 aliphatic carbocycles. The number of hydrogen-bond acceptors (Lipinski definition) is 3. The van der Waals surface area contributed by atoms with E-state index in [-0.39, 0.29) is 11.0 Å². The van der Waals surface area contributed by atoms with Gasteiger partial charge in [-0.25, -0.2) is 4.68 Å². The van der Waals surface area contributed by atoms with Gasteiger partial charge in [0.2, 0.25) is 0 Å². The van der Waals surface area contributed by atoms with Gasteiger partial charge in [0.15, 0.2) is 0 Å². The lowest BCUT2D eigenvalue weighted by molar-refractivity contribution is 0.389. The maximum absolute atomic E-state index is 11.6. The van der Waals surface area contributed by atoms with Crippen LogP contribution < -0.4 is 10.9 Å². The Morgan fingerprint density at radius 1 is 1.50 bits per heavy atom. The van der Waals surface area contributed by atoms with Gasteiger partial charge in [-0.1, -0.05) is 20.8 Å². The maximum atomic E-state index is 11.6. The molecular weight excluding hydrogens is 270 g/mol. The summed E-state index contributed by atoms with van der Waals surface area (Å²) in [5.74, 6) is 0. The van der Waals surface area contributed by atoms with Gasteiger partial charge in [0.05, 0.1) is 11.9 Å². The molecule has 0 atom stereocenters. The first-order valence-electron chi connectivity index (χ1n) is 5.27. The monoisotopic (exact) mass is 287 g/mol. The highest BCUT2D eigenvalue weighted by Crippen LogP contribution is 2.20. The largest absolute Gasteiger partial charge is 0.383 e. The van der Waals surface area contributed by atoms with Crippen LogP contribution in [0.5, 0.6) is 0 Å². The van der Waals surface area contributed by atoms with Gasteiger partial charge in [0.25, 0.3) is 5.56 Å². The van der Waals surface area contributed by atoms with E-state index in [1.165, 1.54) is 4.68 Å². The highest BCUT2D eigenvalue weighted by atomic mass is 79.9. The van der Waals surface area contributed by atoms with Crippen molar-refractivity contribution < 1.29 is 0 Å². The summed E-state index contributed by atoms with van der Waals surface area (Å²) in [5, 5.41) is 7.18. The van der Waals surface area contributed by atoms with Gasteiger partial charge < -0.3 is 5.32 Å². The molecule has 4 nitrogen and oxygen atoms in total.